The van der Waals surface area contributed by atoms with Gasteiger partial charge < -0.3 is 0 Å². The molecule has 2 unspecified atom stereocenters. The van der Waals surface area contributed by atoms with Crippen molar-refractivity contribution in [2.45, 2.75) is 65.3 Å². The Hall–Kier alpha value is -5.74. The molecule has 0 aliphatic carbocycles. The zero-order valence-electron chi connectivity index (χ0n) is 30.9. The second-order valence-electron chi connectivity index (χ2n) is 15.7. The first-order valence-electron chi connectivity index (χ1n) is 18.5. The molecule has 0 saturated carbocycles. The second kappa shape index (κ2) is 12.2. The third-order valence-electron chi connectivity index (χ3n) is 11.2. The molecule has 4 nitrogen and oxygen atoms in total. The molecule has 52 heavy (non-hydrogen) atoms. The molecule has 0 amide bonds. The summed E-state index contributed by atoms with van der Waals surface area (Å²) in [7, 11) is 0. The van der Waals surface area contributed by atoms with Crippen LogP contribution in [0.2, 0.25) is 0 Å². The molecule has 0 radical (unpaired) electrons. The number of allylic oxidation sites excluding steroid dienone is 1. The monoisotopic (exact) mass is 676 g/mol. The van der Waals surface area contributed by atoms with Crippen molar-refractivity contribution in [3.8, 4) is 44.8 Å². The summed E-state index contributed by atoms with van der Waals surface area (Å²) in [6, 6.07) is 36.7. The van der Waals surface area contributed by atoms with Gasteiger partial charge in [-0.1, -0.05) is 87.0 Å². The molecule has 2 atom stereocenters. The van der Waals surface area contributed by atoms with Gasteiger partial charge in [0.2, 0.25) is 11.4 Å². The van der Waals surface area contributed by atoms with Crippen molar-refractivity contribution >= 4 is 17.2 Å². The van der Waals surface area contributed by atoms with Crippen molar-refractivity contribution in [1.82, 2.24) is 9.97 Å². The Kier molecular flexibility index (Phi) is 7.55. The lowest BCUT2D eigenvalue weighted by Gasteiger charge is -2.31. The Morgan fingerprint density at radius 1 is 0.615 bits per heavy atom. The van der Waals surface area contributed by atoms with Gasteiger partial charge in [-0.15, -0.1) is 0 Å². The van der Waals surface area contributed by atoms with Crippen LogP contribution >= 0.6 is 0 Å². The standard InChI is InChI=1S/C48H44N4/c1-30-13-15-35(32(3)26-30)39-18-17-36(45-46(39)50-22-21-49-45)33-14-16-41-42(28-33)43-29-34(48(4,5)6)20-24-51(43)23-9-12-40-37-10-7-8-11-38(37)44-27-31(2)19-25-52(44)47(40)41/h7-11,13-29,40,47H,12H2,1-6H3/q+2/b23-9+. The Balaban J connectivity index is 1.32. The maximum Gasteiger partial charge on any atom is 0.218 e. The molecule has 0 spiro atoms. The zero-order valence-corrected chi connectivity index (χ0v) is 30.9. The molecule has 0 N–H and O–H groups in total. The molecular weight excluding hydrogens is 633 g/mol. The van der Waals surface area contributed by atoms with Crippen molar-refractivity contribution in [3.63, 3.8) is 0 Å². The number of fused-ring (bicyclic) bond motifs is 11. The predicted octanol–water partition coefficient (Wildman–Crippen LogP) is 10.7. The normalized spacial score (nSPS) is 16.7. The number of rotatable bonds is 2. The summed E-state index contributed by atoms with van der Waals surface area (Å²) < 4.78 is 4.86. The first kappa shape index (κ1) is 32.2. The van der Waals surface area contributed by atoms with Crippen molar-refractivity contribution < 1.29 is 9.13 Å². The minimum Gasteiger partial charge on any atom is -0.252 e. The average molecular weight is 677 g/mol. The van der Waals surface area contributed by atoms with Gasteiger partial charge in [-0.3, -0.25) is 9.97 Å². The van der Waals surface area contributed by atoms with Gasteiger partial charge in [-0.05, 0) is 84.2 Å². The third kappa shape index (κ3) is 5.28. The third-order valence-corrected chi connectivity index (χ3v) is 11.2. The van der Waals surface area contributed by atoms with Gasteiger partial charge >= 0.3 is 0 Å². The predicted molar refractivity (Wildman–Crippen MR) is 212 cm³/mol. The minimum atomic E-state index is -0.00354. The minimum absolute atomic E-state index is 0.00354. The van der Waals surface area contributed by atoms with Crippen LogP contribution in [0.1, 0.15) is 72.5 Å². The highest BCUT2D eigenvalue weighted by molar-refractivity contribution is 6.01. The zero-order chi connectivity index (χ0) is 35.7. The van der Waals surface area contributed by atoms with Crippen LogP contribution in [0.15, 0.2) is 128 Å². The highest BCUT2D eigenvalue weighted by atomic mass is 15.0. The lowest BCUT2D eigenvalue weighted by atomic mass is 9.76. The Labute approximate surface area is 306 Å². The molecule has 2 aliphatic heterocycles. The van der Waals surface area contributed by atoms with E-state index in [9.17, 15) is 0 Å². The quantitative estimate of drug-likeness (QED) is 0.171. The molecule has 0 fully saturated rings. The second-order valence-corrected chi connectivity index (χ2v) is 15.7. The summed E-state index contributed by atoms with van der Waals surface area (Å²) in [6.45, 7) is 13.4. The molecular formula is C48H44N4+2. The number of aryl methyl sites for hydroxylation is 3. The summed E-state index contributed by atoms with van der Waals surface area (Å²) in [6.07, 6.45) is 13.8. The maximum atomic E-state index is 4.99. The van der Waals surface area contributed by atoms with Crippen LogP contribution < -0.4 is 9.13 Å². The van der Waals surface area contributed by atoms with E-state index in [0.29, 0.717) is 0 Å². The smallest absolute Gasteiger partial charge is 0.218 e. The van der Waals surface area contributed by atoms with Crippen molar-refractivity contribution in [2.75, 3.05) is 0 Å². The summed E-state index contributed by atoms with van der Waals surface area (Å²) in [5.41, 5.74) is 19.2. The lowest BCUT2D eigenvalue weighted by molar-refractivity contribution is -0.708. The average Bonchev–Trinajstić information content (AvgIpc) is 3.20. The van der Waals surface area contributed by atoms with Gasteiger partial charge in [0, 0.05) is 58.9 Å². The molecule has 4 heteroatoms. The summed E-state index contributed by atoms with van der Waals surface area (Å²) in [5.74, 6) is 0.262. The molecule has 9 rings (SSSR count). The van der Waals surface area contributed by atoms with Gasteiger partial charge in [0.15, 0.2) is 24.6 Å². The number of hydrogen-bond donors (Lipinski definition) is 0. The molecule has 4 aromatic carbocycles. The van der Waals surface area contributed by atoms with E-state index in [0.717, 1.165) is 34.1 Å². The van der Waals surface area contributed by atoms with Crippen LogP contribution in [0, 0.1) is 20.8 Å². The van der Waals surface area contributed by atoms with E-state index in [1.54, 1.807) is 0 Å². The Morgan fingerprint density at radius 2 is 1.37 bits per heavy atom. The number of hydrogen-bond acceptors (Lipinski definition) is 2. The van der Waals surface area contributed by atoms with E-state index in [1.165, 1.54) is 61.5 Å². The first-order chi connectivity index (χ1) is 25.2. The van der Waals surface area contributed by atoms with Crippen molar-refractivity contribution in [1.29, 1.82) is 0 Å². The van der Waals surface area contributed by atoms with Crippen LogP contribution in [0.5, 0.6) is 0 Å². The fourth-order valence-corrected chi connectivity index (χ4v) is 8.59. The molecule has 0 saturated heterocycles. The van der Waals surface area contributed by atoms with E-state index in [2.05, 4.69) is 172 Å². The van der Waals surface area contributed by atoms with E-state index < -0.39 is 0 Å². The SMILES string of the molecule is Cc1ccc(-c2ccc(-c3ccc4c(c3)-c3cc(C(C)(C)C)cc[n+]3/C=C/CC3c5ccccc5-c5cc(C)cc[n+]5C43)c3nccnc23)c(C)c1. The number of aromatic nitrogens is 4. The fraction of sp³-hybridized carbons (Fsp3) is 0.208. The van der Waals surface area contributed by atoms with Crippen molar-refractivity contribution in [3.05, 3.63) is 161 Å². The summed E-state index contributed by atoms with van der Waals surface area (Å²) in [5, 5.41) is 0. The van der Waals surface area contributed by atoms with E-state index in [1.807, 2.05) is 12.4 Å². The molecule has 5 heterocycles. The molecule has 2 aliphatic rings. The molecule has 254 valence electrons. The number of pyridine rings is 2. The number of benzene rings is 4. The van der Waals surface area contributed by atoms with E-state index >= 15 is 0 Å². The van der Waals surface area contributed by atoms with Crippen LogP contribution in [-0.4, -0.2) is 9.97 Å². The van der Waals surface area contributed by atoms with Gasteiger partial charge in [0.25, 0.3) is 0 Å². The van der Waals surface area contributed by atoms with Gasteiger partial charge in [0.05, 0.1) is 22.5 Å². The first-order valence-corrected chi connectivity index (χ1v) is 18.5. The topological polar surface area (TPSA) is 33.5 Å². The van der Waals surface area contributed by atoms with Gasteiger partial charge in [0.1, 0.15) is 0 Å². The molecule has 0 bridgehead atoms. The fourth-order valence-electron chi connectivity index (χ4n) is 8.59. The van der Waals surface area contributed by atoms with E-state index in [4.69, 9.17) is 9.97 Å². The largest absolute Gasteiger partial charge is 0.252 e. The maximum absolute atomic E-state index is 4.99. The molecule has 3 aromatic heterocycles. The molecule has 7 aromatic rings. The summed E-state index contributed by atoms with van der Waals surface area (Å²) >= 11 is 0. The Bertz CT molecular complexity index is 2590. The van der Waals surface area contributed by atoms with Crippen LogP contribution in [0.25, 0.3) is 62.0 Å². The lowest BCUT2D eigenvalue weighted by Crippen LogP contribution is -2.48. The highest BCUT2D eigenvalue weighted by Gasteiger charge is 2.43. The highest BCUT2D eigenvalue weighted by Crippen LogP contribution is 2.47. The van der Waals surface area contributed by atoms with Crippen molar-refractivity contribution in [2.24, 2.45) is 0 Å². The van der Waals surface area contributed by atoms with Gasteiger partial charge in [-0.2, -0.15) is 9.13 Å². The van der Waals surface area contributed by atoms with E-state index in [-0.39, 0.29) is 17.4 Å². The van der Waals surface area contributed by atoms with Crippen LogP contribution in [0.4, 0.5) is 0 Å². The van der Waals surface area contributed by atoms with Crippen LogP contribution in [0.3, 0.4) is 0 Å². The van der Waals surface area contributed by atoms with Gasteiger partial charge in [-0.25, -0.2) is 0 Å². The van der Waals surface area contributed by atoms with Crippen LogP contribution in [-0.2, 0) is 5.41 Å². The summed E-state index contributed by atoms with van der Waals surface area (Å²) in [4.78, 5) is 9.93. The number of nitrogens with zero attached hydrogens (tertiary/aromatic N) is 4. The Morgan fingerprint density at radius 3 is 2.17 bits per heavy atom.